The van der Waals surface area contributed by atoms with Crippen molar-refractivity contribution in [2.75, 3.05) is 11.1 Å². The molecule has 1 amide bonds. The average Bonchev–Trinajstić information content (AvgIpc) is 3.26. The number of carbonyl (C=O) groups is 1. The van der Waals surface area contributed by atoms with E-state index in [-0.39, 0.29) is 11.7 Å². The maximum atomic E-state index is 12.4. The summed E-state index contributed by atoms with van der Waals surface area (Å²) in [4.78, 5) is 13.7. The molecule has 0 aliphatic rings. The second kappa shape index (κ2) is 9.36. The molecule has 1 N–H and O–H groups in total. The van der Waals surface area contributed by atoms with Crippen molar-refractivity contribution in [2.45, 2.75) is 32.0 Å². The van der Waals surface area contributed by atoms with Gasteiger partial charge in [-0.25, -0.2) is 0 Å². The number of halogens is 2. The molecule has 0 saturated heterocycles. The number of thiophene rings is 1. The van der Waals surface area contributed by atoms with E-state index in [9.17, 15) is 4.79 Å². The van der Waals surface area contributed by atoms with Gasteiger partial charge in [0.1, 0.15) is 5.82 Å². The predicted molar refractivity (Wildman–Crippen MR) is 119 cm³/mol. The van der Waals surface area contributed by atoms with Crippen molar-refractivity contribution >= 4 is 66.6 Å². The topological polar surface area (TPSA) is 59.8 Å². The van der Waals surface area contributed by atoms with E-state index in [1.54, 1.807) is 11.3 Å². The van der Waals surface area contributed by atoms with E-state index in [4.69, 9.17) is 0 Å². The number of benzene rings is 1. The third-order valence-electron chi connectivity index (χ3n) is 3.81. The van der Waals surface area contributed by atoms with Gasteiger partial charge in [-0.3, -0.25) is 4.79 Å². The number of hydrogen-bond donors (Lipinski definition) is 1. The van der Waals surface area contributed by atoms with Gasteiger partial charge >= 0.3 is 0 Å². The molecule has 142 valence electrons. The van der Waals surface area contributed by atoms with E-state index < -0.39 is 0 Å². The molecule has 9 heteroatoms. The minimum Gasteiger partial charge on any atom is -0.323 e. The van der Waals surface area contributed by atoms with Crippen molar-refractivity contribution in [3.8, 4) is 0 Å². The van der Waals surface area contributed by atoms with Crippen molar-refractivity contribution in [1.82, 2.24) is 14.8 Å². The van der Waals surface area contributed by atoms with Crippen LogP contribution in [0.2, 0.25) is 0 Å². The monoisotopic (exact) mass is 528 g/mol. The van der Waals surface area contributed by atoms with Crippen LogP contribution in [0.25, 0.3) is 0 Å². The van der Waals surface area contributed by atoms with Crippen molar-refractivity contribution in [2.24, 2.45) is 0 Å². The zero-order chi connectivity index (χ0) is 19.4. The number of anilines is 1. The molecule has 0 spiro atoms. The zero-order valence-electron chi connectivity index (χ0n) is 14.8. The first kappa shape index (κ1) is 20.6. The summed E-state index contributed by atoms with van der Waals surface area (Å²) in [5.74, 6) is 1.10. The smallest absolute Gasteiger partial charge is 0.234 e. The van der Waals surface area contributed by atoms with Crippen molar-refractivity contribution in [1.29, 1.82) is 0 Å². The Morgan fingerprint density at radius 1 is 1.30 bits per heavy atom. The van der Waals surface area contributed by atoms with Gasteiger partial charge in [-0.1, -0.05) is 17.8 Å². The van der Waals surface area contributed by atoms with Crippen molar-refractivity contribution < 1.29 is 4.79 Å². The Labute approximate surface area is 183 Å². The number of aromatic nitrogens is 3. The minimum atomic E-state index is -0.0873. The van der Waals surface area contributed by atoms with Crippen LogP contribution in [0.3, 0.4) is 0 Å². The summed E-state index contributed by atoms with van der Waals surface area (Å²) in [5, 5.41) is 14.4. The third-order valence-corrected chi connectivity index (χ3v) is 6.90. The lowest BCUT2D eigenvalue weighted by Crippen LogP contribution is -2.15. The summed E-state index contributed by atoms with van der Waals surface area (Å²) in [6.45, 7) is 4.83. The molecule has 0 atom stereocenters. The van der Waals surface area contributed by atoms with Crippen LogP contribution in [0, 0.1) is 6.92 Å². The lowest BCUT2D eigenvalue weighted by atomic mass is 10.2. The Bertz CT molecular complexity index is 918. The van der Waals surface area contributed by atoms with Gasteiger partial charge < -0.3 is 9.88 Å². The van der Waals surface area contributed by atoms with Crippen LogP contribution in [0.15, 0.2) is 43.7 Å². The molecule has 2 heterocycles. The van der Waals surface area contributed by atoms with E-state index in [2.05, 4.69) is 70.3 Å². The summed E-state index contributed by atoms with van der Waals surface area (Å²) in [5.41, 5.74) is 1.84. The molecule has 3 rings (SSSR count). The van der Waals surface area contributed by atoms with Gasteiger partial charge in [-0.05, 0) is 74.8 Å². The maximum Gasteiger partial charge on any atom is 0.234 e. The number of aryl methyl sites for hydroxylation is 1. The standard InChI is InChI=1S/C18H18Br2N4OS2/c1-3-24-15(9-12-5-4-6-26-12)22-23-18(24)27-10-16(25)21-17-13(19)7-11(2)8-14(17)20/h4-8H,3,9-10H2,1-2H3,(H,21,25). The summed E-state index contributed by atoms with van der Waals surface area (Å²) in [6.07, 6.45) is 0.758. The fourth-order valence-electron chi connectivity index (χ4n) is 2.57. The SMILES string of the molecule is CCn1c(Cc2cccs2)nnc1SCC(=O)Nc1c(Br)cc(C)cc1Br. The number of nitrogens with zero attached hydrogens (tertiary/aromatic N) is 3. The largest absolute Gasteiger partial charge is 0.323 e. The van der Waals surface area contributed by atoms with Gasteiger partial charge in [0.05, 0.1) is 11.4 Å². The van der Waals surface area contributed by atoms with E-state index in [0.717, 1.165) is 44.1 Å². The van der Waals surface area contributed by atoms with Crippen LogP contribution >= 0.6 is 55.0 Å². The lowest BCUT2D eigenvalue weighted by Gasteiger charge is -2.11. The Kier molecular flexibility index (Phi) is 7.13. The molecule has 0 radical (unpaired) electrons. The summed E-state index contributed by atoms with van der Waals surface area (Å²) < 4.78 is 3.76. The van der Waals surface area contributed by atoms with E-state index in [1.807, 2.05) is 25.1 Å². The summed E-state index contributed by atoms with van der Waals surface area (Å²) >= 11 is 10.1. The number of hydrogen-bond acceptors (Lipinski definition) is 5. The first-order valence-corrected chi connectivity index (χ1v) is 11.8. The molecule has 0 bridgehead atoms. The third kappa shape index (κ3) is 5.22. The Balaban J connectivity index is 1.65. The quantitative estimate of drug-likeness (QED) is 0.410. The van der Waals surface area contributed by atoms with Gasteiger partial charge in [0.25, 0.3) is 0 Å². The molecular weight excluding hydrogens is 512 g/mol. The normalized spacial score (nSPS) is 11.0. The number of thioether (sulfide) groups is 1. The Morgan fingerprint density at radius 3 is 2.67 bits per heavy atom. The highest BCUT2D eigenvalue weighted by atomic mass is 79.9. The molecule has 2 aromatic heterocycles. The lowest BCUT2D eigenvalue weighted by molar-refractivity contribution is -0.113. The Morgan fingerprint density at radius 2 is 2.04 bits per heavy atom. The first-order chi connectivity index (χ1) is 13.0. The van der Waals surface area contributed by atoms with Crippen LogP contribution in [-0.4, -0.2) is 26.4 Å². The van der Waals surface area contributed by atoms with Gasteiger partial charge in [-0.2, -0.15) is 0 Å². The molecular formula is C18H18Br2N4OS2. The van der Waals surface area contributed by atoms with Crippen LogP contribution in [0.5, 0.6) is 0 Å². The summed E-state index contributed by atoms with van der Waals surface area (Å²) in [7, 11) is 0. The number of carbonyl (C=O) groups excluding carboxylic acids is 1. The second-order valence-corrected chi connectivity index (χ2v) is 9.52. The van der Waals surface area contributed by atoms with Gasteiger partial charge in [0, 0.05) is 26.8 Å². The van der Waals surface area contributed by atoms with E-state index >= 15 is 0 Å². The zero-order valence-corrected chi connectivity index (χ0v) is 19.6. The second-order valence-electron chi connectivity index (χ2n) is 5.84. The highest BCUT2D eigenvalue weighted by Crippen LogP contribution is 2.32. The molecule has 27 heavy (non-hydrogen) atoms. The van der Waals surface area contributed by atoms with Gasteiger partial charge in [0.2, 0.25) is 5.91 Å². The number of rotatable bonds is 7. The highest BCUT2D eigenvalue weighted by molar-refractivity contribution is 9.11. The van der Waals surface area contributed by atoms with Gasteiger partial charge in [-0.15, -0.1) is 21.5 Å². The van der Waals surface area contributed by atoms with E-state index in [0.29, 0.717) is 0 Å². The average molecular weight is 530 g/mol. The number of nitrogens with one attached hydrogen (secondary N) is 1. The molecule has 0 aliphatic carbocycles. The fraction of sp³-hybridized carbons (Fsp3) is 0.278. The van der Waals surface area contributed by atoms with Crippen molar-refractivity contribution in [3.05, 3.63) is 54.9 Å². The highest BCUT2D eigenvalue weighted by Gasteiger charge is 2.15. The predicted octanol–water partition coefficient (Wildman–Crippen LogP) is 5.51. The van der Waals surface area contributed by atoms with Crippen LogP contribution < -0.4 is 5.32 Å². The molecule has 0 aliphatic heterocycles. The van der Waals surface area contributed by atoms with Crippen LogP contribution in [-0.2, 0) is 17.8 Å². The molecule has 3 aromatic rings. The molecule has 0 fully saturated rings. The molecule has 0 saturated carbocycles. The molecule has 0 unspecified atom stereocenters. The molecule has 5 nitrogen and oxygen atoms in total. The van der Waals surface area contributed by atoms with E-state index in [1.165, 1.54) is 16.6 Å². The van der Waals surface area contributed by atoms with Crippen LogP contribution in [0.4, 0.5) is 5.69 Å². The van der Waals surface area contributed by atoms with Crippen LogP contribution in [0.1, 0.15) is 23.2 Å². The van der Waals surface area contributed by atoms with Crippen molar-refractivity contribution in [3.63, 3.8) is 0 Å². The van der Waals surface area contributed by atoms with Gasteiger partial charge in [0.15, 0.2) is 5.16 Å². The first-order valence-electron chi connectivity index (χ1n) is 8.30. The fourth-order valence-corrected chi connectivity index (χ4v) is 5.70. The summed E-state index contributed by atoms with van der Waals surface area (Å²) in [6, 6.07) is 8.07. The minimum absolute atomic E-state index is 0.0873. The molecule has 1 aromatic carbocycles. The Hall–Kier alpha value is -1.16. The number of amides is 1. The maximum absolute atomic E-state index is 12.4.